The summed E-state index contributed by atoms with van der Waals surface area (Å²) in [6, 6.07) is 24.4. The van der Waals surface area contributed by atoms with E-state index < -0.39 is 12.0 Å². The number of carboxylic acid groups (broad SMARTS) is 1. The summed E-state index contributed by atoms with van der Waals surface area (Å²) in [5, 5.41) is 12.4. The maximum Gasteiger partial charge on any atom is 0.335 e. The maximum atomic E-state index is 13.5. The van der Waals surface area contributed by atoms with E-state index in [-0.39, 0.29) is 35.9 Å². The molecule has 0 saturated carbocycles. The van der Waals surface area contributed by atoms with Crippen molar-refractivity contribution in [2.45, 2.75) is 31.9 Å². The number of carbonyl (C=O) groups excluding carboxylic acids is 2. The molecule has 1 aliphatic rings. The van der Waals surface area contributed by atoms with Crippen molar-refractivity contribution in [3.63, 3.8) is 0 Å². The minimum absolute atomic E-state index is 0.0927. The summed E-state index contributed by atoms with van der Waals surface area (Å²) in [5.74, 6) is -1.26. The van der Waals surface area contributed by atoms with Crippen molar-refractivity contribution in [3.05, 3.63) is 102 Å². The van der Waals surface area contributed by atoms with Crippen LogP contribution in [0.15, 0.2) is 84.9 Å². The molecule has 37 heavy (non-hydrogen) atoms. The molecule has 3 atom stereocenters. The number of Topliss-reactive ketones (excluding diaryl/α,β-unsaturated/α-hetero) is 1. The molecule has 1 aliphatic heterocycles. The number of ether oxygens (including phenoxy) is 1. The Labute approximate surface area is 217 Å². The lowest BCUT2D eigenvalue weighted by Gasteiger charge is -2.38. The molecule has 0 spiro atoms. The summed E-state index contributed by atoms with van der Waals surface area (Å²) in [4.78, 5) is 39.5. The molecular formula is C30H32N2O5. The molecule has 0 amide bonds. The van der Waals surface area contributed by atoms with E-state index in [1.54, 1.807) is 12.1 Å². The highest BCUT2D eigenvalue weighted by molar-refractivity contribution is 5.98. The Morgan fingerprint density at radius 1 is 0.946 bits per heavy atom. The fourth-order valence-electron chi connectivity index (χ4n) is 4.71. The fourth-order valence-corrected chi connectivity index (χ4v) is 4.71. The van der Waals surface area contributed by atoms with Crippen LogP contribution in [0.5, 0.6) is 0 Å². The van der Waals surface area contributed by atoms with E-state index in [1.165, 1.54) is 12.1 Å². The third kappa shape index (κ3) is 6.83. The lowest BCUT2D eigenvalue weighted by molar-refractivity contribution is -0.156. The molecular weight excluding hydrogens is 468 g/mol. The number of likely N-dealkylation sites (tertiary alicyclic amines) is 1. The third-order valence-corrected chi connectivity index (χ3v) is 6.85. The number of carboxylic acids is 1. The smallest absolute Gasteiger partial charge is 0.335 e. The molecule has 2 N–H and O–H groups in total. The highest BCUT2D eigenvalue weighted by atomic mass is 16.5. The Bertz CT molecular complexity index is 1200. The van der Waals surface area contributed by atoms with Gasteiger partial charge in [-0.15, -0.1) is 0 Å². The number of aromatic carboxylic acids is 1. The lowest BCUT2D eigenvalue weighted by atomic mass is 9.91. The van der Waals surface area contributed by atoms with Crippen LogP contribution in [0.25, 0.3) is 0 Å². The van der Waals surface area contributed by atoms with E-state index in [0.29, 0.717) is 12.1 Å². The number of esters is 1. The highest BCUT2D eigenvalue weighted by Gasteiger charge is 2.34. The van der Waals surface area contributed by atoms with Crippen LogP contribution in [0.3, 0.4) is 0 Å². The zero-order chi connectivity index (χ0) is 26.2. The Morgan fingerprint density at radius 2 is 1.57 bits per heavy atom. The van der Waals surface area contributed by atoms with Gasteiger partial charge in [-0.2, -0.15) is 0 Å². The number of hydrogen-bond acceptors (Lipinski definition) is 6. The number of piperidine rings is 1. The topological polar surface area (TPSA) is 95.9 Å². The Morgan fingerprint density at radius 3 is 2.19 bits per heavy atom. The number of rotatable bonds is 10. The van der Waals surface area contributed by atoms with Crippen LogP contribution >= 0.6 is 0 Å². The molecule has 1 heterocycles. The SMILES string of the molecule is CCC1CCN(CC(=O)c2ccc(C(=O)O)cc2)C[C@@H]1OC(=O)[C@H](Nc1ccccc1)c1ccccc1. The maximum absolute atomic E-state index is 13.5. The number of benzene rings is 3. The third-order valence-electron chi connectivity index (χ3n) is 6.85. The molecule has 7 heteroatoms. The summed E-state index contributed by atoms with van der Waals surface area (Å²) in [6.07, 6.45) is 1.36. The molecule has 0 radical (unpaired) electrons. The number of ketones is 1. The monoisotopic (exact) mass is 500 g/mol. The summed E-state index contributed by atoms with van der Waals surface area (Å²) in [5.41, 5.74) is 2.25. The highest BCUT2D eigenvalue weighted by Crippen LogP contribution is 2.27. The van der Waals surface area contributed by atoms with Crippen LogP contribution in [-0.4, -0.2) is 53.5 Å². The van der Waals surface area contributed by atoms with Gasteiger partial charge in [0.1, 0.15) is 6.10 Å². The average Bonchev–Trinajstić information content (AvgIpc) is 2.93. The van der Waals surface area contributed by atoms with Crippen molar-refractivity contribution in [3.8, 4) is 0 Å². The first kappa shape index (κ1) is 26.1. The van der Waals surface area contributed by atoms with Crippen molar-refractivity contribution in [2.24, 2.45) is 5.92 Å². The standard InChI is InChI=1S/C30H32N2O5/c1-2-21-17-18-32(19-26(33)22-13-15-24(16-14-22)29(34)35)20-27(21)37-30(36)28(23-9-5-3-6-10-23)31-25-11-7-4-8-12-25/h3-16,21,27-28,31H,2,17-20H2,1H3,(H,34,35)/t21?,27-,28+/m0/s1. The quantitative estimate of drug-likeness (QED) is 0.297. The van der Waals surface area contributed by atoms with Gasteiger partial charge in [0, 0.05) is 17.8 Å². The number of para-hydroxylation sites is 1. The van der Waals surface area contributed by atoms with Crippen molar-refractivity contribution < 1.29 is 24.2 Å². The molecule has 1 fully saturated rings. The minimum atomic E-state index is -1.03. The van der Waals surface area contributed by atoms with Gasteiger partial charge in [0.2, 0.25) is 0 Å². The van der Waals surface area contributed by atoms with Crippen LogP contribution in [0.2, 0.25) is 0 Å². The van der Waals surface area contributed by atoms with Gasteiger partial charge in [-0.05, 0) is 55.1 Å². The second-order valence-electron chi connectivity index (χ2n) is 9.33. The van der Waals surface area contributed by atoms with Gasteiger partial charge in [0.15, 0.2) is 11.8 Å². The van der Waals surface area contributed by atoms with Gasteiger partial charge in [-0.25, -0.2) is 9.59 Å². The zero-order valence-electron chi connectivity index (χ0n) is 20.9. The summed E-state index contributed by atoms with van der Waals surface area (Å²) in [7, 11) is 0. The predicted octanol–water partition coefficient (Wildman–Crippen LogP) is 5.06. The van der Waals surface area contributed by atoms with Crippen LogP contribution in [-0.2, 0) is 9.53 Å². The first-order valence-electron chi connectivity index (χ1n) is 12.6. The summed E-state index contributed by atoms with van der Waals surface area (Å²) in [6.45, 7) is 3.47. The molecule has 3 aromatic rings. The van der Waals surface area contributed by atoms with Crippen molar-refractivity contribution in [2.75, 3.05) is 25.0 Å². The Kier molecular flexibility index (Phi) is 8.69. The van der Waals surface area contributed by atoms with Gasteiger partial charge in [0.25, 0.3) is 0 Å². The van der Waals surface area contributed by atoms with Crippen LogP contribution in [0.1, 0.15) is 52.1 Å². The first-order valence-corrected chi connectivity index (χ1v) is 12.6. The minimum Gasteiger partial charge on any atom is -0.478 e. The molecule has 1 saturated heterocycles. The van der Waals surface area contributed by atoms with E-state index in [4.69, 9.17) is 9.84 Å². The van der Waals surface area contributed by atoms with Gasteiger partial charge in [0.05, 0.1) is 12.1 Å². The van der Waals surface area contributed by atoms with Crippen molar-refractivity contribution in [1.29, 1.82) is 0 Å². The zero-order valence-corrected chi connectivity index (χ0v) is 20.9. The second-order valence-corrected chi connectivity index (χ2v) is 9.33. The number of nitrogens with zero attached hydrogens (tertiary/aromatic N) is 1. The molecule has 0 bridgehead atoms. The van der Waals surface area contributed by atoms with Gasteiger partial charge < -0.3 is 15.2 Å². The van der Waals surface area contributed by atoms with E-state index in [9.17, 15) is 14.4 Å². The van der Waals surface area contributed by atoms with Gasteiger partial charge >= 0.3 is 11.9 Å². The van der Waals surface area contributed by atoms with E-state index in [2.05, 4.69) is 12.2 Å². The molecule has 0 aliphatic carbocycles. The second kappa shape index (κ2) is 12.3. The lowest BCUT2D eigenvalue weighted by Crippen LogP contribution is -2.48. The molecule has 3 aromatic carbocycles. The Balaban J connectivity index is 1.45. The van der Waals surface area contributed by atoms with Crippen LogP contribution in [0.4, 0.5) is 5.69 Å². The number of hydrogen-bond donors (Lipinski definition) is 2. The van der Waals surface area contributed by atoms with Crippen LogP contribution in [0, 0.1) is 5.92 Å². The number of carbonyl (C=O) groups is 3. The largest absolute Gasteiger partial charge is 0.478 e. The molecule has 4 rings (SSSR count). The molecule has 1 unspecified atom stereocenters. The normalized spacial score (nSPS) is 18.5. The molecule has 0 aromatic heterocycles. The van der Waals surface area contributed by atoms with Crippen molar-refractivity contribution in [1.82, 2.24) is 4.90 Å². The van der Waals surface area contributed by atoms with Crippen molar-refractivity contribution >= 4 is 23.4 Å². The Hall–Kier alpha value is -3.97. The van der Waals surface area contributed by atoms with E-state index in [1.807, 2.05) is 65.6 Å². The summed E-state index contributed by atoms with van der Waals surface area (Å²) < 4.78 is 6.12. The predicted molar refractivity (Wildman–Crippen MR) is 142 cm³/mol. The molecule has 192 valence electrons. The summed E-state index contributed by atoms with van der Waals surface area (Å²) >= 11 is 0. The van der Waals surface area contributed by atoms with Crippen LogP contribution < -0.4 is 5.32 Å². The van der Waals surface area contributed by atoms with Gasteiger partial charge in [-0.3, -0.25) is 9.69 Å². The average molecular weight is 501 g/mol. The van der Waals surface area contributed by atoms with E-state index >= 15 is 0 Å². The number of anilines is 1. The van der Waals surface area contributed by atoms with E-state index in [0.717, 1.165) is 30.6 Å². The number of nitrogens with one attached hydrogen (secondary N) is 1. The fraction of sp³-hybridized carbons (Fsp3) is 0.300. The first-order chi connectivity index (χ1) is 17.9. The molecule has 7 nitrogen and oxygen atoms in total. The van der Waals surface area contributed by atoms with Gasteiger partial charge in [-0.1, -0.05) is 67.6 Å².